The van der Waals surface area contributed by atoms with Crippen molar-refractivity contribution in [2.75, 3.05) is 23.3 Å². The molecule has 0 aliphatic carbocycles. The molecule has 3 heterocycles. The van der Waals surface area contributed by atoms with Crippen LogP contribution in [-0.4, -0.2) is 33.9 Å². The molecule has 0 radical (unpaired) electrons. The highest BCUT2D eigenvalue weighted by Gasteiger charge is 2.22. The van der Waals surface area contributed by atoms with E-state index in [-0.39, 0.29) is 29.6 Å². The van der Waals surface area contributed by atoms with Crippen LogP contribution in [0.4, 0.5) is 24.8 Å². The van der Waals surface area contributed by atoms with Crippen molar-refractivity contribution in [1.82, 2.24) is 15.0 Å². The van der Waals surface area contributed by atoms with Crippen LogP contribution in [0.2, 0.25) is 0 Å². The van der Waals surface area contributed by atoms with Crippen molar-refractivity contribution in [2.24, 2.45) is 0 Å². The minimum Gasteiger partial charge on any atom is -0.349 e. The Hall–Kier alpha value is -3.46. The van der Waals surface area contributed by atoms with Gasteiger partial charge in [-0.2, -0.15) is 0 Å². The normalized spacial score (nSPS) is 13.6. The van der Waals surface area contributed by atoms with E-state index in [1.54, 1.807) is 12.3 Å². The van der Waals surface area contributed by atoms with Crippen molar-refractivity contribution in [3.63, 3.8) is 0 Å². The van der Waals surface area contributed by atoms with Gasteiger partial charge in [-0.1, -0.05) is 5.57 Å². The zero-order valence-electron chi connectivity index (χ0n) is 17.0. The van der Waals surface area contributed by atoms with Crippen LogP contribution in [0.3, 0.4) is 0 Å². The molecule has 4 rings (SSSR count). The Kier molecular flexibility index (Phi) is 7.09. The fraction of sp³-hybridized carbons (Fsp3) is 0.182. The molecule has 1 aliphatic rings. The van der Waals surface area contributed by atoms with Crippen molar-refractivity contribution in [1.29, 1.82) is 0 Å². The fourth-order valence-corrected chi connectivity index (χ4v) is 3.35. The lowest BCUT2D eigenvalue weighted by Gasteiger charge is -2.30. The van der Waals surface area contributed by atoms with Gasteiger partial charge in [-0.25, -0.2) is 23.1 Å². The molecule has 0 unspecified atom stereocenters. The number of halogens is 4. The highest BCUT2D eigenvalue weighted by molar-refractivity contribution is 6.03. The van der Waals surface area contributed by atoms with E-state index in [0.29, 0.717) is 24.8 Å². The number of pyridine rings is 1. The molecule has 1 aromatic carbocycles. The molecule has 6 nitrogen and oxygen atoms in total. The smallest absolute Gasteiger partial charge is 0.259 e. The minimum absolute atomic E-state index is 0. The van der Waals surface area contributed by atoms with E-state index >= 15 is 0 Å². The highest BCUT2D eigenvalue weighted by Crippen LogP contribution is 2.29. The summed E-state index contributed by atoms with van der Waals surface area (Å²) < 4.78 is 40.9. The van der Waals surface area contributed by atoms with Crippen LogP contribution in [0.15, 0.2) is 54.5 Å². The summed E-state index contributed by atoms with van der Waals surface area (Å²) in [6.07, 6.45) is 5.11. The SMILES string of the molecule is CC1=C(c2cnc(NC(=O)c3ccc(F)cc3F)cn2)CN(c2ncccc2F)CC1.Cl. The molecule has 0 saturated carbocycles. The van der Waals surface area contributed by atoms with Crippen molar-refractivity contribution in [3.05, 3.63) is 83.2 Å². The van der Waals surface area contributed by atoms with Crippen LogP contribution in [0.5, 0.6) is 0 Å². The summed E-state index contributed by atoms with van der Waals surface area (Å²) in [6.45, 7) is 3.03. The second-order valence-electron chi connectivity index (χ2n) is 7.10. The summed E-state index contributed by atoms with van der Waals surface area (Å²) in [5.41, 5.74) is 2.29. The van der Waals surface area contributed by atoms with Gasteiger partial charge in [0, 0.05) is 25.4 Å². The number of benzene rings is 1. The lowest BCUT2D eigenvalue weighted by atomic mass is 9.99. The number of hydrogen-bond acceptors (Lipinski definition) is 5. The Balaban J connectivity index is 0.00000289. The zero-order valence-corrected chi connectivity index (χ0v) is 17.8. The highest BCUT2D eigenvalue weighted by atomic mass is 35.5. The molecule has 0 saturated heterocycles. The van der Waals surface area contributed by atoms with Gasteiger partial charge in [0.15, 0.2) is 17.5 Å². The van der Waals surface area contributed by atoms with Crippen LogP contribution in [-0.2, 0) is 0 Å². The van der Waals surface area contributed by atoms with Gasteiger partial charge in [-0.15, -0.1) is 12.4 Å². The summed E-state index contributed by atoms with van der Waals surface area (Å²) in [5.74, 6) is -2.48. The lowest BCUT2D eigenvalue weighted by Crippen LogP contribution is -2.32. The number of aromatic nitrogens is 3. The Morgan fingerprint density at radius 3 is 2.56 bits per heavy atom. The third kappa shape index (κ3) is 4.88. The standard InChI is InChI=1S/C22H18F3N5O.ClH/c1-13-6-8-30(21-17(24)3-2-7-26-21)12-16(13)19-10-28-20(11-27-19)29-22(31)15-5-4-14(23)9-18(15)25;/h2-5,7,9-11H,6,8,12H2,1H3,(H,28,29,31);1H. The maximum atomic E-state index is 14.1. The number of anilines is 2. The van der Waals surface area contributed by atoms with E-state index in [2.05, 4.69) is 20.3 Å². The van der Waals surface area contributed by atoms with Crippen molar-refractivity contribution in [2.45, 2.75) is 13.3 Å². The zero-order chi connectivity index (χ0) is 22.0. The predicted molar refractivity (Wildman–Crippen MR) is 117 cm³/mol. The third-order valence-electron chi connectivity index (χ3n) is 5.04. The topological polar surface area (TPSA) is 71.0 Å². The first kappa shape index (κ1) is 23.2. The van der Waals surface area contributed by atoms with E-state index < -0.39 is 23.4 Å². The van der Waals surface area contributed by atoms with E-state index in [4.69, 9.17) is 0 Å². The molecule has 3 aromatic rings. The Morgan fingerprint density at radius 1 is 1.06 bits per heavy atom. The number of carbonyl (C=O) groups excluding carboxylic acids is 1. The molecule has 166 valence electrons. The molecule has 2 aromatic heterocycles. The predicted octanol–water partition coefficient (Wildman–Crippen LogP) is 4.65. The van der Waals surface area contributed by atoms with Crippen LogP contribution in [0, 0.1) is 17.5 Å². The molecule has 10 heteroatoms. The van der Waals surface area contributed by atoms with Gasteiger partial charge < -0.3 is 10.2 Å². The second-order valence-corrected chi connectivity index (χ2v) is 7.10. The first-order valence-corrected chi connectivity index (χ1v) is 9.55. The van der Waals surface area contributed by atoms with Gasteiger partial charge in [0.05, 0.1) is 23.7 Å². The lowest BCUT2D eigenvalue weighted by molar-refractivity contribution is 0.102. The monoisotopic (exact) mass is 461 g/mol. The van der Waals surface area contributed by atoms with E-state index in [9.17, 15) is 18.0 Å². The molecule has 1 amide bonds. The largest absolute Gasteiger partial charge is 0.349 e. The molecule has 32 heavy (non-hydrogen) atoms. The third-order valence-corrected chi connectivity index (χ3v) is 5.04. The number of amides is 1. The fourth-order valence-electron chi connectivity index (χ4n) is 3.35. The van der Waals surface area contributed by atoms with Gasteiger partial charge in [-0.05, 0) is 43.2 Å². The van der Waals surface area contributed by atoms with Crippen molar-refractivity contribution >= 4 is 35.5 Å². The quantitative estimate of drug-likeness (QED) is 0.612. The summed E-state index contributed by atoms with van der Waals surface area (Å²) in [6, 6.07) is 5.61. The van der Waals surface area contributed by atoms with Gasteiger partial charge in [0.25, 0.3) is 5.91 Å². The van der Waals surface area contributed by atoms with E-state index in [1.807, 2.05) is 11.8 Å². The molecular formula is C22H19ClF3N5O. The Labute approximate surface area is 188 Å². The average molecular weight is 462 g/mol. The summed E-state index contributed by atoms with van der Waals surface area (Å²) in [7, 11) is 0. The van der Waals surface area contributed by atoms with Crippen LogP contribution < -0.4 is 10.2 Å². The maximum Gasteiger partial charge on any atom is 0.259 e. The molecule has 0 bridgehead atoms. The molecular weight excluding hydrogens is 443 g/mol. The molecule has 0 fully saturated rings. The van der Waals surface area contributed by atoms with E-state index in [0.717, 1.165) is 29.7 Å². The minimum atomic E-state index is -0.966. The van der Waals surface area contributed by atoms with Crippen LogP contribution in [0.25, 0.3) is 5.57 Å². The average Bonchev–Trinajstić information content (AvgIpc) is 2.75. The number of nitrogens with one attached hydrogen (secondary N) is 1. The maximum absolute atomic E-state index is 14.1. The number of hydrogen-bond donors (Lipinski definition) is 1. The number of rotatable bonds is 4. The van der Waals surface area contributed by atoms with Crippen LogP contribution in [0.1, 0.15) is 29.4 Å². The van der Waals surface area contributed by atoms with Gasteiger partial charge in [-0.3, -0.25) is 9.78 Å². The van der Waals surface area contributed by atoms with E-state index in [1.165, 1.54) is 18.5 Å². The van der Waals surface area contributed by atoms with Crippen molar-refractivity contribution < 1.29 is 18.0 Å². The number of nitrogens with zero attached hydrogens (tertiary/aromatic N) is 4. The molecule has 1 N–H and O–H groups in total. The van der Waals surface area contributed by atoms with Gasteiger partial charge in [0.1, 0.15) is 11.6 Å². The first-order valence-electron chi connectivity index (χ1n) is 9.55. The summed E-state index contributed by atoms with van der Waals surface area (Å²) in [5, 5.41) is 2.44. The van der Waals surface area contributed by atoms with Gasteiger partial charge in [0.2, 0.25) is 0 Å². The Morgan fingerprint density at radius 2 is 1.88 bits per heavy atom. The molecule has 0 atom stereocenters. The van der Waals surface area contributed by atoms with Crippen LogP contribution >= 0.6 is 12.4 Å². The molecule has 1 aliphatic heterocycles. The summed E-state index contributed by atoms with van der Waals surface area (Å²) in [4.78, 5) is 26.7. The first-order chi connectivity index (χ1) is 14.9. The second kappa shape index (κ2) is 9.78. The molecule has 0 spiro atoms. The van der Waals surface area contributed by atoms with Crippen molar-refractivity contribution in [3.8, 4) is 0 Å². The summed E-state index contributed by atoms with van der Waals surface area (Å²) >= 11 is 0. The number of carbonyl (C=O) groups is 1. The van der Waals surface area contributed by atoms with Gasteiger partial charge >= 0.3 is 0 Å². The Bertz CT molecular complexity index is 1170.